The fraction of sp³-hybridized carbons (Fsp3) is 0.462. The van der Waals surface area contributed by atoms with Gasteiger partial charge >= 0.3 is 0 Å². The van der Waals surface area contributed by atoms with E-state index in [0.717, 1.165) is 6.42 Å². The highest BCUT2D eigenvalue weighted by Gasteiger charge is 2.30. The van der Waals surface area contributed by atoms with Crippen LogP contribution in [0.3, 0.4) is 0 Å². The van der Waals surface area contributed by atoms with Gasteiger partial charge in [0.15, 0.2) is 6.10 Å². The molecule has 7 heteroatoms. The van der Waals surface area contributed by atoms with Crippen LogP contribution in [-0.2, 0) is 21.2 Å². The number of carbonyl (C=O) groups is 1. The molecule has 20 heavy (non-hydrogen) atoms. The van der Waals surface area contributed by atoms with Crippen molar-refractivity contribution in [1.29, 1.82) is 0 Å². The van der Waals surface area contributed by atoms with E-state index >= 15 is 0 Å². The van der Waals surface area contributed by atoms with Crippen LogP contribution < -0.4 is 15.2 Å². The van der Waals surface area contributed by atoms with Gasteiger partial charge in [0.05, 0.1) is 4.90 Å². The number of benzene rings is 1. The summed E-state index contributed by atoms with van der Waals surface area (Å²) >= 11 is 0. The Bertz CT molecular complexity index is 627. The van der Waals surface area contributed by atoms with Gasteiger partial charge in [-0.1, -0.05) is 6.92 Å². The fourth-order valence-electron chi connectivity index (χ4n) is 1.99. The van der Waals surface area contributed by atoms with E-state index in [9.17, 15) is 13.2 Å². The van der Waals surface area contributed by atoms with Gasteiger partial charge in [0.2, 0.25) is 10.0 Å². The van der Waals surface area contributed by atoms with Crippen LogP contribution in [0.25, 0.3) is 0 Å². The Hall–Kier alpha value is -1.60. The van der Waals surface area contributed by atoms with E-state index < -0.39 is 16.1 Å². The van der Waals surface area contributed by atoms with E-state index in [2.05, 4.69) is 5.32 Å². The minimum absolute atomic E-state index is 0.0304. The van der Waals surface area contributed by atoms with Crippen molar-refractivity contribution < 1.29 is 17.9 Å². The zero-order valence-electron chi connectivity index (χ0n) is 11.4. The first-order chi connectivity index (χ1) is 9.31. The number of fused-ring (bicyclic) bond motifs is 1. The molecule has 0 spiro atoms. The van der Waals surface area contributed by atoms with Crippen LogP contribution in [0.2, 0.25) is 0 Å². The minimum atomic E-state index is -3.74. The molecule has 1 aliphatic heterocycles. The SMILES string of the molecule is CCC(C)NC(=O)C1Cc2cc(S(N)(=O)=O)ccc2O1. The lowest BCUT2D eigenvalue weighted by Gasteiger charge is -2.15. The topological polar surface area (TPSA) is 98.5 Å². The maximum Gasteiger partial charge on any atom is 0.261 e. The predicted molar refractivity (Wildman–Crippen MR) is 73.8 cm³/mol. The highest BCUT2D eigenvalue weighted by molar-refractivity contribution is 7.89. The van der Waals surface area contributed by atoms with Gasteiger partial charge in [-0.2, -0.15) is 0 Å². The average Bonchev–Trinajstić information content (AvgIpc) is 2.80. The summed E-state index contributed by atoms with van der Waals surface area (Å²) in [5.41, 5.74) is 0.681. The lowest BCUT2D eigenvalue weighted by atomic mass is 10.1. The largest absolute Gasteiger partial charge is 0.480 e. The number of hydrogen-bond donors (Lipinski definition) is 2. The molecule has 1 aromatic rings. The summed E-state index contributed by atoms with van der Waals surface area (Å²) in [5, 5.41) is 7.93. The third-order valence-corrected chi connectivity index (χ3v) is 4.24. The van der Waals surface area contributed by atoms with Crippen molar-refractivity contribution in [2.75, 3.05) is 0 Å². The molecule has 1 aliphatic rings. The third kappa shape index (κ3) is 3.10. The van der Waals surface area contributed by atoms with Crippen molar-refractivity contribution in [2.24, 2.45) is 5.14 Å². The fourth-order valence-corrected chi connectivity index (χ4v) is 2.55. The van der Waals surface area contributed by atoms with E-state index in [4.69, 9.17) is 9.88 Å². The van der Waals surface area contributed by atoms with Crippen LogP contribution in [0, 0.1) is 0 Å². The Morgan fingerprint density at radius 2 is 2.25 bits per heavy atom. The van der Waals surface area contributed by atoms with Crippen LogP contribution in [-0.4, -0.2) is 26.5 Å². The molecular formula is C13H18N2O4S. The van der Waals surface area contributed by atoms with E-state index in [1.54, 1.807) is 0 Å². The third-order valence-electron chi connectivity index (χ3n) is 3.33. The second kappa shape index (κ2) is 5.41. The van der Waals surface area contributed by atoms with Crippen LogP contribution in [0.15, 0.2) is 23.1 Å². The normalized spacial score (nSPS) is 19.1. The average molecular weight is 298 g/mol. The van der Waals surface area contributed by atoms with Gasteiger partial charge in [0.1, 0.15) is 5.75 Å². The van der Waals surface area contributed by atoms with Gasteiger partial charge in [-0.05, 0) is 37.1 Å². The molecule has 1 heterocycles. The summed E-state index contributed by atoms with van der Waals surface area (Å²) in [6.45, 7) is 3.90. The van der Waals surface area contributed by atoms with Crippen molar-refractivity contribution in [1.82, 2.24) is 5.32 Å². The highest BCUT2D eigenvalue weighted by atomic mass is 32.2. The molecule has 3 N–H and O–H groups in total. The van der Waals surface area contributed by atoms with Crippen molar-refractivity contribution in [3.8, 4) is 5.75 Å². The summed E-state index contributed by atoms with van der Waals surface area (Å²) in [7, 11) is -3.74. The molecule has 1 amide bonds. The lowest BCUT2D eigenvalue weighted by molar-refractivity contribution is -0.127. The number of nitrogens with one attached hydrogen (secondary N) is 1. The second-order valence-electron chi connectivity index (χ2n) is 4.94. The van der Waals surface area contributed by atoms with Crippen molar-refractivity contribution >= 4 is 15.9 Å². The van der Waals surface area contributed by atoms with E-state index in [0.29, 0.717) is 17.7 Å². The van der Waals surface area contributed by atoms with Crippen molar-refractivity contribution in [2.45, 2.75) is 43.7 Å². The van der Waals surface area contributed by atoms with Crippen molar-refractivity contribution in [3.05, 3.63) is 23.8 Å². The summed E-state index contributed by atoms with van der Waals surface area (Å²) in [4.78, 5) is 12.0. The predicted octanol–water partition coefficient (Wildman–Crippen LogP) is 0.552. The highest BCUT2D eigenvalue weighted by Crippen LogP contribution is 2.30. The van der Waals surface area contributed by atoms with Gasteiger partial charge in [-0.25, -0.2) is 13.6 Å². The molecule has 0 aliphatic carbocycles. The standard InChI is InChI=1S/C13H18N2O4S/c1-3-8(2)15-13(16)12-7-9-6-10(20(14,17)18)4-5-11(9)19-12/h4-6,8,12H,3,7H2,1-2H3,(H,15,16)(H2,14,17,18). The summed E-state index contributed by atoms with van der Waals surface area (Å²) in [6, 6.07) is 4.45. The van der Waals surface area contributed by atoms with E-state index in [1.165, 1.54) is 18.2 Å². The zero-order valence-corrected chi connectivity index (χ0v) is 12.2. The Balaban J connectivity index is 2.14. The molecule has 110 valence electrons. The zero-order chi connectivity index (χ0) is 14.9. The number of rotatable bonds is 4. The molecule has 6 nitrogen and oxygen atoms in total. The maximum atomic E-state index is 12.0. The second-order valence-corrected chi connectivity index (χ2v) is 6.50. The van der Waals surface area contributed by atoms with Crippen molar-refractivity contribution in [3.63, 3.8) is 0 Å². The first kappa shape index (κ1) is 14.8. The number of ether oxygens (including phenoxy) is 1. The number of carbonyl (C=O) groups excluding carboxylic acids is 1. The summed E-state index contributed by atoms with van der Waals surface area (Å²) < 4.78 is 28.1. The first-order valence-corrected chi connectivity index (χ1v) is 7.98. The summed E-state index contributed by atoms with van der Waals surface area (Å²) in [6.07, 6.45) is 0.566. The van der Waals surface area contributed by atoms with E-state index in [1.807, 2.05) is 13.8 Å². The lowest BCUT2D eigenvalue weighted by Crippen LogP contribution is -2.41. The number of hydrogen-bond acceptors (Lipinski definition) is 4. The number of sulfonamides is 1. The summed E-state index contributed by atoms with van der Waals surface area (Å²) in [5.74, 6) is 0.342. The van der Waals surface area contributed by atoms with Gasteiger partial charge in [-0.15, -0.1) is 0 Å². The van der Waals surface area contributed by atoms with Crippen LogP contribution in [0.4, 0.5) is 0 Å². The molecule has 0 bridgehead atoms. The quantitative estimate of drug-likeness (QED) is 0.848. The molecule has 0 saturated carbocycles. The molecule has 0 radical (unpaired) electrons. The molecule has 1 aromatic carbocycles. The van der Waals surface area contributed by atoms with Gasteiger partial charge in [0, 0.05) is 12.5 Å². The number of nitrogens with two attached hydrogens (primary N) is 1. The van der Waals surface area contributed by atoms with Gasteiger partial charge in [0.25, 0.3) is 5.91 Å². The van der Waals surface area contributed by atoms with Crippen LogP contribution in [0.1, 0.15) is 25.8 Å². The number of amides is 1. The molecule has 0 saturated heterocycles. The molecular weight excluding hydrogens is 280 g/mol. The molecule has 0 aromatic heterocycles. The molecule has 2 unspecified atom stereocenters. The smallest absolute Gasteiger partial charge is 0.261 e. The minimum Gasteiger partial charge on any atom is -0.480 e. The Morgan fingerprint density at radius 1 is 1.55 bits per heavy atom. The Morgan fingerprint density at radius 3 is 2.85 bits per heavy atom. The maximum absolute atomic E-state index is 12.0. The van der Waals surface area contributed by atoms with E-state index in [-0.39, 0.29) is 16.8 Å². The monoisotopic (exact) mass is 298 g/mol. The first-order valence-electron chi connectivity index (χ1n) is 6.44. The van der Waals surface area contributed by atoms with Gasteiger partial charge in [-0.3, -0.25) is 4.79 Å². The van der Waals surface area contributed by atoms with Gasteiger partial charge < -0.3 is 10.1 Å². The Kier molecular flexibility index (Phi) is 4.01. The van der Waals surface area contributed by atoms with Crippen LogP contribution in [0.5, 0.6) is 5.75 Å². The number of primary sulfonamides is 1. The Labute approximate surface area is 118 Å². The molecule has 2 atom stereocenters. The molecule has 2 rings (SSSR count). The van der Waals surface area contributed by atoms with Crippen LogP contribution >= 0.6 is 0 Å². The molecule has 0 fully saturated rings.